The SMILES string of the molecule is Cc1cnc(Nc2cc(F)c(NCCO)c(F)c2)nc1-c1cc2c(o1)CCN(C(=O)CC#N)C2. The normalized spacial score (nSPS) is 12.7. The van der Waals surface area contributed by atoms with Crippen LogP contribution in [0, 0.1) is 29.9 Å². The number of carbonyl (C=O) groups is 1. The highest BCUT2D eigenvalue weighted by Crippen LogP contribution is 2.31. The number of amides is 1. The van der Waals surface area contributed by atoms with Crippen molar-refractivity contribution in [1.82, 2.24) is 14.9 Å². The zero-order valence-corrected chi connectivity index (χ0v) is 18.4. The molecule has 0 atom stereocenters. The Morgan fingerprint density at radius 2 is 2.09 bits per heavy atom. The molecule has 3 N–H and O–H groups in total. The molecule has 1 aliphatic heterocycles. The standard InChI is InChI=1S/C23H22F2N6O3/c1-13-11-28-23(29-15-9-16(24)22(17(25)10-15)27-5-7-32)30-21(13)19-8-14-12-31(20(33)2-4-26)6-3-18(14)34-19/h8-11,27,32H,2-3,5-7,12H2,1H3,(H,28,29,30). The average molecular weight is 468 g/mol. The lowest BCUT2D eigenvalue weighted by atomic mass is 10.1. The zero-order valence-electron chi connectivity index (χ0n) is 18.4. The Labute approximate surface area is 194 Å². The van der Waals surface area contributed by atoms with Crippen molar-refractivity contribution in [2.75, 3.05) is 30.3 Å². The molecule has 34 heavy (non-hydrogen) atoms. The fourth-order valence-electron chi connectivity index (χ4n) is 3.72. The Kier molecular flexibility index (Phi) is 6.70. The molecule has 0 saturated heterocycles. The van der Waals surface area contributed by atoms with Crippen molar-refractivity contribution >= 4 is 23.2 Å². The number of nitrogens with zero attached hydrogens (tertiary/aromatic N) is 4. The van der Waals surface area contributed by atoms with E-state index in [-0.39, 0.29) is 42.8 Å². The molecule has 0 saturated carbocycles. The fourth-order valence-corrected chi connectivity index (χ4v) is 3.72. The first-order valence-electron chi connectivity index (χ1n) is 10.6. The highest BCUT2D eigenvalue weighted by Gasteiger charge is 2.25. The van der Waals surface area contributed by atoms with E-state index in [4.69, 9.17) is 14.8 Å². The fraction of sp³-hybridized carbons (Fsp3) is 0.304. The molecule has 0 aliphatic carbocycles. The second kappa shape index (κ2) is 9.84. The quantitative estimate of drug-likeness (QED) is 0.482. The van der Waals surface area contributed by atoms with E-state index in [0.29, 0.717) is 31.0 Å². The maximum atomic E-state index is 14.3. The van der Waals surface area contributed by atoms with Gasteiger partial charge in [0.25, 0.3) is 0 Å². The van der Waals surface area contributed by atoms with Crippen LogP contribution in [0.15, 0.2) is 28.8 Å². The van der Waals surface area contributed by atoms with Crippen LogP contribution < -0.4 is 10.6 Å². The van der Waals surface area contributed by atoms with Crippen molar-refractivity contribution in [3.05, 3.63) is 52.9 Å². The van der Waals surface area contributed by atoms with Crippen LogP contribution in [0.25, 0.3) is 11.5 Å². The number of carbonyl (C=O) groups excluding carboxylic acids is 1. The van der Waals surface area contributed by atoms with E-state index >= 15 is 0 Å². The molecule has 3 heterocycles. The summed E-state index contributed by atoms with van der Waals surface area (Å²) in [5.74, 6) is -0.509. The number of aromatic nitrogens is 2. The van der Waals surface area contributed by atoms with Gasteiger partial charge in [-0.15, -0.1) is 0 Å². The molecule has 2 aromatic heterocycles. The molecule has 176 valence electrons. The molecule has 1 aromatic carbocycles. The lowest BCUT2D eigenvalue weighted by molar-refractivity contribution is -0.131. The molecule has 9 nitrogen and oxygen atoms in total. The number of nitrogens with one attached hydrogen (secondary N) is 2. The number of aliphatic hydroxyl groups excluding tert-OH is 1. The number of fused-ring (bicyclic) bond motifs is 1. The Morgan fingerprint density at radius 1 is 1.32 bits per heavy atom. The number of furan rings is 1. The minimum atomic E-state index is -0.822. The molecule has 0 fully saturated rings. The number of hydrogen-bond donors (Lipinski definition) is 3. The summed E-state index contributed by atoms with van der Waals surface area (Å²) in [5, 5.41) is 22.9. The third kappa shape index (κ3) is 4.82. The van der Waals surface area contributed by atoms with Gasteiger partial charge in [-0.3, -0.25) is 4.79 Å². The Balaban J connectivity index is 1.56. The maximum Gasteiger partial charge on any atom is 0.237 e. The molecular weight excluding hydrogens is 446 g/mol. The van der Waals surface area contributed by atoms with Crippen molar-refractivity contribution in [1.29, 1.82) is 5.26 Å². The summed E-state index contributed by atoms with van der Waals surface area (Å²) in [6.45, 7) is 2.39. The molecule has 1 aliphatic rings. The first-order chi connectivity index (χ1) is 16.4. The second-order valence-corrected chi connectivity index (χ2v) is 7.77. The predicted octanol–water partition coefficient (Wildman–Crippen LogP) is 3.27. The van der Waals surface area contributed by atoms with Crippen LogP contribution in [0.2, 0.25) is 0 Å². The highest BCUT2D eigenvalue weighted by molar-refractivity contribution is 5.78. The third-order valence-electron chi connectivity index (χ3n) is 5.37. The van der Waals surface area contributed by atoms with Gasteiger partial charge in [-0.1, -0.05) is 0 Å². The van der Waals surface area contributed by atoms with Crippen LogP contribution in [-0.2, 0) is 17.8 Å². The number of aryl methyl sites for hydroxylation is 1. The summed E-state index contributed by atoms with van der Waals surface area (Å²) in [5.41, 5.74) is 1.87. The van der Waals surface area contributed by atoms with Gasteiger partial charge < -0.3 is 25.1 Å². The van der Waals surface area contributed by atoms with Gasteiger partial charge in [-0.25, -0.2) is 18.7 Å². The van der Waals surface area contributed by atoms with Gasteiger partial charge in [0.2, 0.25) is 11.9 Å². The molecule has 0 bridgehead atoms. The van der Waals surface area contributed by atoms with E-state index < -0.39 is 11.6 Å². The van der Waals surface area contributed by atoms with E-state index in [1.165, 1.54) is 0 Å². The second-order valence-electron chi connectivity index (χ2n) is 7.77. The van der Waals surface area contributed by atoms with Gasteiger partial charge in [0.15, 0.2) is 17.4 Å². The first kappa shape index (κ1) is 23.1. The largest absolute Gasteiger partial charge is 0.459 e. The topological polar surface area (TPSA) is 127 Å². The number of hydrogen-bond acceptors (Lipinski definition) is 8. The summed E-state index contributed by atoms with van der Waals surface area (Å²) in [6.07, 6.45) is 1.93. The molecule has 4 rings (SSSR count). The third-order valence-corrected chi connectivity index (χ3v) is 5.37. The van der Waals surface area contributed by atoms with Crippen LogP contribution in [-0.4, -0.2) is 45.6 Å². The first-order valence-corrected chi connectivity index (χ1v) is 10.6. The molecule has 3 aromatic rings. The van der Waals surface area contributed by atoms with Crippen LogP contribution in [0.1, 0.15) is 23.3 Å². The number of aliphatic hydroxyl groups is 1. The zero-order chi connectivity index (χ0) is 24.2. The van der Waals surface area contributed by atoms with Crippen molar-refractivity contribution in [2.45, 2.75) is 26.3 Å². The van der Waals surface area contributed by atoms with Crippen LogP contribution in [0.3, 0.4) is 0 Å². The van der Waals surface area contributed by atoms with Gasteiger partial charge in [0.1, 0.15) is 23.6 Å². The Bertz CT molecular complexity index is 1250. The predicted molar refractivity (Wildman–Crippen MR) is 119 cm³/mol. The van der Waals surface area contributed by atoms with E-state index in [1.54, 1.807) is 17.2 Å². The summed E-state index contributed by atoms with van der Waals surface area (Å²) in [4.78, 5) is 22.3. The minimum Gasteiger partial charge on any atom is -0.459 e. The van der Waals surface area contributed by atoms with Gasteiger partial charge in [0.05, 0.1) is 12.7 Å². The van der Waals surface area contributed by atoms with Crippen molar-refractivity contribution in [3.8, 4) is 17.5 Å². The van der Waals surface area contributed by atoms with Gasteiger partial charge in [-0.2, -0.15) is 5.26 Å². The van der Waals surface area contributed by atoms with E-state index in [1.807, 2.05) is 13.0 Å². The van der Waals surface area contributed by atoms with Gasteiger partial charge in [-0.05, 0) is 30.7 Å². The van der Waals surface area contributed by atoms with Crippen LogP contribution in [0.5, 0.6) is 0 Å². The van der Waals surface area contributed by atoms with Gasteiger partial charge >= 0.3 is 0 Å². The van der Waals surface area contributed by atoms with Crippen LogP contribution in [0.4, 0.5) is 26.1 Å². The molecule has 0 unspecified atom stereocenters. The number of rotatable bonds is 7. The maximum absolute atomic E-state index is 14.3. The van der Waals surface area contributed by atoms with Crippen molar-refractivity contribution in [2.24, 2.45) is 0 Å². The monoisotopic (exact) mass is 468 g/mol. The number of nitriles is 1. The number of benzene rings is 1. The summed E-state index contributed by atoms with van der Waals surface area (Å²) < 4.78 is 34.6. The average Bonchev–Trinajstić information content (AvgIpc) is 3.23. The van der Waals surface area contributed by atoms with E-state index in [9.17, 15) is 13.6 Å². The van der Waals surface area contributed by atoms with Crippen molar-refractivity contribution in [3.63, 3.8) is 0 Å². The van der Waals surface area contributed by atoms with E-state index in [0.717, 1.165) is 29.0 Å². The summed E-state index contributed by atoms with van der Waals surface area (Å²) in [6, 6.07) is 5.88. The highest BCUT2D eigenvalue weighted by atomic mass is 19.1. The minimum absolute atomic E-state index is 0.0163. The summed E-state index contributed by atoms with van der Waals surface area (Å²) in [7, 11) is 0. The van der Waals surface area contributed by atoms with E-state index in [2.05, 4.69) is 20.6 Å². The Hall–Kier alpha value is -4.04. The molecule has 0 radical (unpaired) electrons. The lowest BCUT2D eigenvalue weighted by Gasteiger charge is -2.25. The molecule has 0 spiro atoms. The van der Waals surface area contributed by atoms with Gasteiger partial charge in [0, 0.05) is 43.5 Å². The molecular formula is C23H22F2N6O3. The Morgan fingerprint density at radius 3 is 2.79 bits per heavy atom. The number of anilines is 3. The molecule has 1 amide bonds. The lowest BCUT2D eigenvalue weighted by Crippen LogP contribution is -2.35. The molecule has 11 heteroatoms. The van der Waals surface area contributed by atoms with Crippen LogP contribution >= 0.6 is 0 Å². The number of halogens is 2. The van der Waals surface area contributed by atoms with Crippen molar-refractivity contribution < 1.29 is 23.1 Å². The smallest absolute Gasteiger partial charge is 0.237 e. The summed E-state index contributed by atoms with van der Waals surface area (Å²) >= 11 is 0.